The molecule has 1 aliphatic rings. The number of hydrogen-bond donors (Lipinski definition) is 2. The van der Waals surface area contributed by atoms with Crippen LogP contribution in [-0.4, -0.2) is 37.6 Å². The van der Waals surface area contributed by atoms with Gasteiger partial charge in [-0.2, -0.15) is 0 Å². The van der Waals surface area contributed by atoms with Crippen LogP contribution in [0.15, 0.2) is 48.8 Å². The first-order chi connectivity index (χ1) is 11.8. The minimum atomic E-state index is -0.103. The maximum absolute atomic E-state index is 12.2. The summed E-state index contributed by atoms with van der Waals surface area (Å²) in [6, 6.07) is 11.8. The summed E-state index contributed by atoms with van der Waals surface area (Å²) < 4.78 is 5.68. The molecule has 2 heterocycles. The number of para-hydroxylation sites is 2. The normalized spacial score (nSPS) is 16.0. The van der Waals surface area contributed by atoms with Crippen LogP contribution in [0.3, 0.4) is 0 Å². The van der Waals surface area contributed by atoms with Gasteiger partial charge < -0.3 is 10.1 Å². The van der Waals surface area contributed by atoms with E-state index in [2.05, 4.69) is 34.3 Å². The Hall–Kier alpha value is -2.44. The second kappa shape index (κ2) is 7.90. The van der Waals surface area contributed by atoms with Gasteiger partial charge in [-0.1, -0.05) is 19.1 Å². The summed E-state index contributed by atoms with van der Waals surface area (Å²) in [5.74, 6) is -0.103. The van der Waals surface area contributed by atoms with Gasteiger partial charge >= 0.3 is 0 Å². The SMILES string of the molecule is CCCOCN1C[NH+](CNC(=O)c2cccnc2)c2ccccc21. The van der Waals surface area contributed by atoms with Crippen LogP contribution < -0.4 is 15.1 Å². The molecule has 1 unspecified atom stereocenters. The lowest BCUT2D eigenvalue weighted by Gasteiger charge is -2.17. The second-order valence-corrected chi connectivity index (χ2v) is 5.78. The van der Waals surface area contributed by atoms with Crippen LogP contribution in [0, 0.1) is 0 Å². The number of rotatable bonds is 7. The van der Waals surface area contributed by atoms with Crippen LogP contribution in [0.1, 0.15) is 23.7 Å². The number of nitrogens with one attached hydrogen (secondary N) is 2. The summed E-state index contributed by atoms with van der Waals surface area (Å²) >= 11 is 0. The number of carbonyl (C=O) groups is 1. The van der Waals surface area contributed by atoms with E-state index in [1.807, 2.05) is 12.1 Å². The molecule has 24 heavy (non-hydrogen) atoms. The molecule has 0 aliphatic carbocycles. The van der Waals surface area contributed by atoms with Crippen molar-refractivity contribution in [3.63, 3.8) is 0 Å². The number of quaternary nitrogens is 1. The first kappa shape index (κ1) is 16.4. The van der Waals surface area contributed by atoms with Crippen molar-refractivity contribution >= 4 is 17.3 Å². The molecule has 2 N–H and O–H groups in total. The Bertz CT molecular complexity index is 678. The number of anilines is 1. The van der Waals surface area contributed by atoms with Crippen LogP contribution in [0.5, 0.6) is 0 Å². The zero-order chi connectivity index (χ0) is 16.8. The Kier molecular flexibility index (Phi) is 5.40. The summed E-state index contributed by atoms with van der Waals surface area (Å²) in [7, 11) is 0. The molecule has 1 aromatic carbocycles. The van der Waals surface area contributed by atoms with E-state index < -0.39 is 0 Å². The van der Waals surface area contributed by atoms with Crippen molar-refractivity contribution in [3.8, 4) is 0 Å². The molecule has 0 saturated heterocycles. The molecule has 1 aromatic heterocycles. The molecular weight excluding hydrogens is 304 g/mol. The Morgan fingerprint density at radius 1 is 1.33 bits per heavy atom. The van der Waals surface area contributed by atoms with Gasteiger partial charge in [-0.25, -0.2) is 0 Å². The van der Waals surface area contributed by atoms with Crippen LogP contribution >= 0.6 is 0 Å². The number of fused-ring (bicyclic) bond motifs is 1. The Labute approximate surface area is 142 Å². The number of nitrogens with zero attached hydrogens (tertiary/aromatic N) is 2. The monoisotopic (exact) mass is 327 g/mol. The summed E-state index contributed by atoms with van der Waals surface area (Å²) in [5, 5.41) is 2.99. The Morgan fingerprint density at radius 3 is 3.00 bits per heavy atom. The minimum absolute atomic E-state index is 0.103. The van der Waals surface area contributed by atoms with Crippen LogP contribution in [0.2, 0.25) is 0 Å². The molecule has 1 atom stereocenters. The van der Waals surface area contributed by atoms with Gasteiger partial charge in [0.25, 0.3) is 5.91 Å². The first-order valence-electron chi connectivity index (χ1n) is 8.24. The van der Waals surface area contributed by atoms with E-state index in [-0.39, 0.29) is 5.91 Å². The van der Waals surface area contributed by atoms with Gasteiger partial charge in [-0.05, 0) is 24.6 Å². The molecule has 1 aliphatic heterocycles. The molecule has 126 valence electrons. The zero-order valence-corrected chi connectivity index (χ0v) is 13.9. The topological polar surface area (TPSA) is 58.9 Å². The standard InChI is InChI=1S/C18H22N4O2/c1-2-10-24-14-22-13-21(16-7-3-4-8-17(16)22)12-20-18(23)15-6-5-9-19-11-15/h3-9,11H,2,10,12-14H2,1H3,(H,20,23)/p+1. The number of aromatic nitrogens is 1. The third-order valence-corrected chi connectivity index (χ3v) is 3.99. The number of pyridine rings is 1. The molecule has 0 radical (unpaired) electrons. The second-order valence-electron chi connectivity index (χ2n) is 5.78. The van der Waals surface area contributed by atoms with Crippen molar-refractivity contribution in [2.45, 2.75) is 13.3 Å². The summed E-state index contributed by atoms with van der Waals surface area (Å²) in [6.07, 6.45) is 4.24. The molecule has 6 heteroatoms. The molecule has 2 aromatic rings. The number of hydrogen-bond acceptors (Lipinski definition) is 4. The third kappa shape index (κ3) is 3.72. The zero-order valence-electron chi connectivity index (χ0n) is 13.9. The van der Waals surface area contributed by atoms with Crippen molar-refractivity contribution in [2.75, 3.05) is 31.6 Å². The van der Waals surface area contributed by atoms with Crippen LogP contribution in [0.4, 0.5) is 11.4 Å². The lowest BCUT2D eigenvalue weighted by Crippen LogP contribution is -3.08. The molecule has 0 bridgehead atoms. The van der Waals surface area contributed by atoms with Crippen LogP contribution in [0.25, 0.3) is 0 Å². The molecular formula is C18H23N4O2+. The van der Waals surface area contributed by atoms with Gasteiger partial charge in [0.15, 0.2) is 19.0 Å². The average Bonchev–Trinajstić information content (AvgIpc) is 2.99. The highest BCUT2D eigenvalue weighted by Gasteiger charge is 2.30. The van der Waals surface area contributed by atoms with Crippen molar-refractivity contribution in [3.05, 3.63) is 54.4 Å². The number of carbonyl (C=O) groups excluding carboxylic acids is 1. The van der Waals surface area contributed by atoms with E-state index in [9.17, 15) is 4.79 Å². The van der Waals surface area contributed by atoms with Crippen molar-refractivity contribution in [2.24, 2.45) is 0 Å². The van der Waals surface area contributed by atoms with Gasteiger partial charge in [-0.3, -0.25) is 19.6 Å². The maximum atomic E-state index is 12.2. The summed E-state index contributed by atoms with van der Waals surface area (Å²) in [4.78, 5) is 19.6. The Morgan fingerprint density at radius 2 is 2.21 bits per heavy atom. The lowest BCUT2D eigenvalue weighted by atomic mass is 10.2. The summed E-state index contributed by atoms with van der Waals surface area (Å²) in [6.45, 7) is 4.73. The van der Waals surface area contributed by atoms with Crippen LogP contribution in [-0.2, 0) is 4.74 Å². The maximum Gasteiger partial charge on any atom is 0.257 e. The van der Waals surface area contributed by atoms with Gasteiger partial charge in [-0.15, -0.1) is 0 Å². The van der Waals surface area contributed by atoms with Gasteiger partial charge in [0.05, 0.1) is 5.56 Å². The van der Waals surface area contributed by atoms with Gasteiger partial charge in [0, 0.05) is 25.1 Å². The fraction of sp³-hybridized carbons (Fsp3) is 0.333. The Balaban J connectivity index is 1.63. The van der Waals surface area contributed by atoms with Crippen molar-refractivity contribution < 1.29 is 14.4 Å². The predicted molar refractivity (Wildman–Crippen MR) is 92.1 cm³/mol. The predicted octanol–water partition coefficient (Wildman–Crippen LogP) is 1.15. The fourth-order valence-corrected chi connectivity index (χ4v) is 2.82. The third-order valence-electron chi connectivity index (χ3n) is 3.99. The largest absolute Gasteiger partial charge is 0.361 e. The lowest BCUT2D eigenvalue weighted by molar-refractivity contribution is -0.828. The highest BCUT2D eigenvalue weighted by Crippen LogP contribution is 2.25. The van der Waals surface area contributed by atoms with E-state index >= 15 is 0 Å². The first-order valence-corrected chi connectivity index (χ1v) is 8.24. The van der Waals surface area contributed by atoms with E-state index in [0.717, 1.165) is 19.7 Å². The number of amides is 1. The quantitative estimate of drug-likeness (QED) is 0.749. The summed E-state index contributed by atoms with van der Waals surface area (Å²) in [5.41, 5.74) is 2.93. The van der Waals surface area contributed by atoms with Gasteiger partial charge in [0.1, 0.15) is 12.4 Å². The van der Waals surface area contributed by atoms with E-state index in [0.29, 0.717) is 19.0 Å². The van der Waals surface area contributed by atoms with Crippen molar-refractivity contribution in [1.29, 1.82) is 0 Å². The van der Waals surface area contributed by atoms with E-state index in [1.165, 1.54) is 16.3 Å². The highest BCUT2D eigenvalue weighted by atomic mass is 16.5. The molecule has 1 amide bonds. The molecule has 0 saturated carbocycles. The average molecular weight is 327 g/mol. The molecule has 6 nitrogen and oxygen atoms in total. The minimum Gasteiger partial charge on any atom is -0.361 e. The van der Waals surface area contributed by atoms with E-state index in [1.54, 1.807) is 24.5 Å². The molecule has 0 fully saturated rings. The number of ether oxygens (including phenoxy) is 1. The smallest absolute Gasteiger partial charge is 0.257 e. The van der Waals surface area contributed by atoms with E-state index in [4.69, 9.17) is 4.74 Å². The highest BCUT2D eigenvalue weighted by molar-refractivity contribution is 5.93. The fourth-order valence-electron chi connectivity index (χ4n) is 2.82. The number of benzene rings is 1. The molecule has 0 spiro atoms. The van der Waals surface area contributed by atoms with Gasteiger partial charge in [0.2, 0.25) is 0 Å². The molecule has 3 rings (SSSR count). The van der Waals surface area contributed by atoms with Crippen molar-refractivity contribution in [1.82, 2.24) is 10.3 Å².